The summed E-state index contributed by atoms with van der Waals surface area (Å²) >= 11 is 6.15. The molecule has 0 spiro atoms. The number of benzene rings is 3. The highest BCUT2D eigenvalue weighted by atomic mass is 35.5. The van der Waals surface area contributed by atoms with Gasteiger partial charge in [-0.25, -0.2) is 4.98 Å². The van der Waals surface area contributed by atoms with Gasteiger partial charge in [0, 0.05) is 6.54 Å². The Kier molecular flexibility index (Phi) is 6.55. The fourth-order valence-electron chi connectivity index (χ4n) is 3.38. The molecule has 1 aromatic heterocycles. The van der Waals surface area contributed by atoms with E-state index in [0.29, 0.717) is 18.2 Å². The molecule has 154 valence electrons. The summed E-state index contributed by atoms with van der Waals surface area (Å²) in [4.78, 5) is 4.79. The SMILES string of the molecule is Cc1ccc(OCc2nc3ccccc3n2CCCCOc2ccccc2Cl)cc1. The van der Waals surface area contributed by atoms with Crippen molar-refractivity contribution in [2.75, 3.05) is 6.61 Å². The summed E-state index contributed by atoms with van der Waals surface area (Å²) < 4.78 is 14.0. The molecule has 0 aliphatic carbocycles. The van der Waals surface area contributed by atoms with Crippen molar-refractivity contribution in [2.45, 2.75) is 32.9 Å². The molecule has 0 unspecified atom stereocenters. The minimum atomic E-state index is 0.438. The maximum atomic E-state index is 6.15. The van der Waals surface area contributed by atoms with Crippen LogP contribution in [0.3, 0.4) is 0 Å². The highest BCUT2D eigenvalue weighted by molar-refractivity contribution is 6.32. The second-order valence-electron chi connectivity index (χ2n) is 7.26. The highest BCUT2D eigenvalue weighted by Gasteiger charge is 2.11. The zero-order valence-corrected chi connectivity index (χ0v) is 17.8. The predicted octanol–water partition coefficient (Wildman–Crippen LogP) is 6.44. The molecule has 0 aliphatic heterocycles. The van der Waals surface area contributed by atoms with E-state index in [1.54, 1.807) is 0 Å². The fourth-order valence-corrected chi connectivity index (χ4v) is 3.57. The van der Waals surface area contributed by atoms with E-state index in [0.717, 1.165) is 47.7 Å². The number of para-hydroxylation sites is 3. The van der Waals surface area contributed by atoms with Gasteiger partial charge in [-0.2, -0.15) is 0 Å². The lowest BCUT2D eigenvalue weighted by Crippen LogP contribution is -2.09. The van der Waals surface area contributed by atoms with Crippen LogP contribution in [0, 0.1) is 6.92 Å². The molecule has 0 fully saturated rings. The third-order valence-electron chi connectivity index (χ3n) is 4.99. The maximum absolute atomic E-state index is 6.15. The van der Waals surface area contributed by atoms with Gasteiger partial charge in [-0.1, -0.05) is 53.6 Å². The highest BCUT2D eigenvalue weighted by Crippen LogP contribution is 2.23. The Bertz CT molecular complexity index is 1110. The average molecular weight is 421 g/mol. The summed E-state index contributed by atoms with van der Waals surface area (Å²) in [5, 5.41) is 0.647. The third kappa shape index (κ3) is 4.95. The second kappa shape index (κ2) is 9.68. The molecule has 0 saturated carbocycles. The standard InChI is InChI=1S/C25H25ClN2O2/c1-19-12-14-20(15-13-19)30-18-25-27-22-9-3-4-10-23(22)28(25)16-6-7-17-29-24-11-5-2-8-21(24)26/h2-5,8-15H,6-7,16-18H2,1H3. The number of nitrogens with zero attached hydrogens (tertiary/aromatic N) is 2. The molecule has 3 aromatic carbocycles. The minimum absolute atomic E-state index is 0.438. The first kappa shape index (κ1) is 20.3. The normalized spacial score (nSPS) is 11.0. The largest absolute Gasteiger partial charge is 0.492 e. The van der Waals surface area contributed by atoms with Crippen molar-refractivity contribution < 1.29 is 9.47 Å². The lowest BCUT2D eigenvalue weighted by molar-refractivity contribution is 0.285. The van der Waals surface area contributed by atoms with Gasteiger partial charge in [-0.05, 0) is 56.2 Å². The van der Waals surface area contributed by atoms with Crippen LogP contribution in [0.2, 0.25) is 5.02 Å². The molecular weight excluding hydrogens is 396 g/mol. The van der Waals surface area contributed by atoms with Gasteiger partial charge in [0.15, 0.2) is 0 Å². The molecule has 0 N–H and O–H groups in total. The topological polar surface area (TPSA) is 36.3 Å². The van der Waals surface area contributed by atoms with E-state index >= 15 is 0 Å². The molecule has 0 atom stereocenters. The van der Waals surface area contributed by atoms with Gasteiger partial charge in [-0.3, -0.25) is 0 Å². The number of hydrogen-bond acceptors (Lipinski definition) is 3. The Morgan fingerprint density at radius 3 is 2.47 bits per heavy atom. The predicted molar refractivity (Wildman–Crippen MR) is 121 cm³/mol. The van der Waals surface area contributed by atoms with Crippen LogP contribution in [-0.2, 0) is 13.2 Å². The molecule has 4 nitrogen and oxygen atoms in total. The number of imidazole rings is 1. The smallest absolute Gasteiger partial charge is 0.147 e. The molecule has 4 aromatic rings. The van der Waals surface area contributed by atoms with Crippen molar-refractivity contribution in [1.82, 2.24) is 9.55 Å². The van der Waals surface area contributed by atoms with Crippen molar-refractivity contribution in [1.29, 1.82) is 0 Å². The number of rotatable bonds is 9. The number of aromatic nitrogens is 2. The molecule has 30 heavy (non-hydrogen) atoms. The van der Waals surface area contributed by atoms with Crippen LogP contribution in [0.15, 0.2) is 72.8 Å². The Balaban J connectivity index is 1.38. The van der Waals surface area contributed by atoms with Gasteiger partial charge in [0.2, 0.25) is 0 Å². The Morgan fingerprint density at radius 1 is 0.867 bits per heavy atom. The summed E-state index contributed by atoms with van der Waals surface area (Å²) in [7, 11) is 0. The summed E-state index contributed by atoms with van der Waals surface area (Å²) in [5.41, 5.74) is 3.34. The Hall–Kier alpha value is -2.98. The molecule has 5 heteroatoms. The quantitative estimate of drug-likeness (QED) is 0.292. The molecule has 1 heterocycles. The van der Waals surface area contributed by atoms with Crippen molar-refractivity contribution in [3.8, 4) is 11.5 Å². The number of ether oxygens (including phenoxy) is 2. The lowest BCUT2D eigenvalue weighted by Gasteiger charge is -2.11. The first-order chi connectivity index (χ1) is 14.7. The van der Waals surface area contributed by atoms with Crippen LogP contribution in [0.25, 0.3) is 11.0 Å². The maximum Gasteiger partial charge on any atom is 0.147 e. The van der Waals surface area contributed by atoms with Crippen molar-refractivity contribution in [3.63, 3.8) is 0 Å². The number of aryl methyl sites for hydroxylation is 2. The third-order valence-corrected chi connectivity index (χ3v) is 5.31. The zero-order chi connectivity index (χ0) is 20.8. The Morgan fingerprint density at radius 2 is 1.63 bits per heavy atom. The van der Waals surface area contributed by atoms with Crippen molar-refractivity contribution >= 4 is 22.6 Å². The monoisotopic (exact) mass is 420 g/mol. The molecule has 4 rings (SSSR count). The summed E-state index contributed by atoms with van der Waals surface area (Å²) in [6.07, 6.45) is 1.90. The van der Waals surface area contributed by atoms with Crippen LogP contribution < -0.4 is 9.47 Å². The van der Waals surface area contributed by atoms with Gasteiger partial charge >= 0.3 is 0 Å². The van der Waals surface area contributed by atoms with E-state index in [9.17, 15) is 0 Å². The van der Waals surface area contributed by atoms with Crippen LogP contribution >= 0.6 is 11.6 Å². The van der Waals surface area contributed by atoms with E-state index in [1.807, 2.05) is 54.6 Å². The fraction of sp³-hybridized carbons (Fsp3) is 0.240. The molecule has 0 bridgehead atoms. The van der Waals surface area contributed by atoms with Gasteiger partial charge in [0.05, 0.1) is 22.7 Å². The number of halogens is 1. The molecule has 0 saturated heterocycles. The van der Waals surface area contributed by atoms with Gasteiger partial charge in [0.25, 0.3) is 0 Å². The number of hydrogen-bond donors (Lipinski definition) is 0. The Labute approximate surface area is 182 Å². The lowest BCUT2D eigenvalue weighted by atomic mass is 10.2. The minimum Gasteiger partial charge on any atom is -0.492 e. The van der Waals surface area contributed by atoms with E-state index in [1.165, 1.54) is 5.56 Å². The van der Waals surface area contributed by atoms with E-state index in [-0.39, 0.29) is 0 Å². The van der Waals surface area contributed by atoms with E-state index in [2.05, 4.69) is 29.7 Å². The summed E-state index contributed by atoms with van der Waals surface area (Å²) in [6.45, 7) is 4.00. The second-order valence-corrected chi connectivity index (χ2v) is 7.66. The van der Waals surface area contributed by atoms with E-state index in [4.69, 9.17) is 26.1 Å². The van der Waals surface area contributed by atoms with Gasteiger partial charge in [-0.15, -0.1) is 0 Å². The molecule has 0 aliphatic rings. The van der Waals surface area contributed by atoms with Crippen molar-refractivity contribution in [2.24, 2.45) is 0 Å². The van der Waals surface area contributed by atoms with Crippen LogP contribution in [0.5, 0.6) is 11.5 Å². The first-order valence-corrected chi connectivity index (χ1v) is 10.6. The first-order valence-electron chi connectivity index (χ1n) is 10.2. The number of unbranched alkanes of at least 4 members (excludes halogenated alkanes) is 1. The molecule has 0 radical (unpaired) electrons. The summed E-state index contributed by atoms with van der Waals surface area (Å²) in [5.74, 6) is 2.52. The van der Waals surface area contributed by atoms with Crippen molar-refractivity contribution in [3.05, 3.63) is 89.2 Å². The molecular formula is C25H25ClN2O2. The van der Waals surface area contributed by atoms with E-state index < -0.39 is 0 Å². The van der Waals surface area contributed by atoms with Gasteiger partial charge < -0.3 is 14.0 Å². The van der Waals surface area contributed by atoms with Crippen LogP contribution in [0.1, 0.15) is 24.2 Å². The van der Waals surface area contributed by atoms with Gasteiger partial charge in [0.1, 0.15) is 23.9 Å². The zero-order valence-electron chi connectivity index (χ0n) is 17.1. The van der Waals surface area contributed by atoms with Crippen LogP contribution in [0.4, 0.5) is 0 Å². The average Bonchev–Trinajstić information content (AvgIpc) is 3.12. The van der Waals surface area contributed by atoms with Crippen LogP contribution in [-0.4, -0.2) is 16.2 Å². The number of fused-ring (bicyclic) bond motifs is 1. The summed E-state index contributed by atoms with van der Waals surface area (Å²) in [6, 6.07) is 23.9. The molecule has 0 amide bonds.